The van der Waals surface area contributed by atoms with Gasteiger partial charge in [-0.3, -0.25) is 0 Å². The number of halogens is 2. The van der Waals surface area contributed by atoms with Gasteiger partial charge in [-0.05, 0) is 42.7 Å². The molecule has 0 heterocycles. The Kier molecular flexibility index (Phi) is 4.15. The van der Waals surface area contributed by atoms with E-state index < -0.39 is 11.6 Å². The second-order valence-corrected chi connectivity index (χ2v) is 5.29. The standard InChI is InChI=1S/C17H17F2NO/c18-16-2-1-3-17(19)15(16)11-21-14-8-4-12(5-9-14)10-20-13-6-7-13/h1-5,8-9,13,20H,6-7,10-11H2. The molecule has 0 spiro atoms. The van der Waals surface area contributed by atoms with Gasteiger partial charge in [0.05, 0.1) is 5.56 Å². The van der Waals surface area contributed by atoms with Crippen molar-refractivity contribution in [2.24, 2.45) is 0 Å². The van der Waals surface area contributed by atoms with Crippen LogP contribution in [0.4, 0.5) is 8.78 Å². The molecule has 0 aliphatic heterocycles. The average molecular weight is 289 g/mol. The van der Waals surface area contributed by atoms with Crippen LogP contribution in [-0.2, 0) is 13.2 Å². The molecule has 1 aliphatic rings. The summed E-state index contributed by atoms with van der Waals surface area (Å²) in [5.74, 6) is -0.562. The molecule has 1 N–H and O–H groups in total. The lowest BCUT2D eigenvalue weighted by atomic mass is 10.2. The van der Waals surface area contributed by atoms with Crippen LogP contribution in [0.3, 0.4) is 0 Å². The molecule has 2 nitrogen and oxygen atoms in total. The molecule has 0 unspecified atom stereocenters. The molecule has 0 saturated heterocycles. The van der Waals surface area contributed by atoms with Gasteiger partial charge in [0.15, 0.2) is 0 Å². The minimum Gasteiger partial charge on any atom is -0.489 e. The van der Waals surface area contributed by atoms with E-state index in [1.54, 1.807) is 0 Å². The van der Waals surface area contributed by atoms with Crippen molar-refractivity contribution >= 4 is 0 Å². The fourth-order valence-electron chi connectivity index (χ4n) is 2.08. The first kappa shape index (κ1) is 14.0. The molecule has 2 aromatic rings. The topological polar surface area (TPSA) is 21.3 Å². The van der Waals surface area contributed by atoms with Gasteiger partial charge in [-0.15, -0.1) is 0 Å². The molecule has 4 heteroatoms. The van der Waals surface area contributed by atoms with Crippen molar-refractivity contribution in [1.29, 1.82) is 0 Å². The Morgan fingerprint density at radius 1 is 1.00 bits per heavy atom. The molecule has 21 heavy (non-hydrogen) atoms. The predicted molar refractivity (Wildman–Crippen MR) is 77.0 cm³/mol. The Morgan fingerprint density at radius 3 is 2.29 bits per heavy atom. The first-order chi connectivity index (χ1) is 10.2. The fourth-order valence-corrected chi connectivity index (χ4v) is 2.08. The van der Waals surface area contributed by atoms with Gasteiger partial charge in [-0.1, -0.05) is 18.2 Å². The summed E-state index contributed by atoms with van der Waals surface area (Å²) in [5, 5.41) is 3.43. The van der Waals surface area contributed by atoms with Gasteiger partial charge in [0.2, 0.25) is 0 Å². The summed E-state index contributed by atoms with van der Waals surface area (Å²) < 4.78 is 32.4. The van der Waals surface area contributed by atoms with E-state index in [1.165, 1.54) is 36.6 Å². The Balaban J connectivity index is 1.57. The van der Waals surface area contributed by atoms with Crippen LogP contribution in [0.1, 0.15) is 24.0 Å². The van der Waals surface area contributed by atoms with Crippen LogP contribution in [0.15, 0.2) is 42.5 Å². The number of hydrogen-bond donors (Lipinski definition) is 1. The van der Waals surface area contributed by atoms with Crippen molar-refractivity contribution in [3.05, 3.63) is 65.2 Å². The Labute approximate surface area is 122 Å². The van der Waals surface area contributed by atoms with E-state index in [1.807, 2.05) is 24.3 Å². The number of rotatable bonds is 6. The summed E-state index contributed by atoms with van der Waals surface area (Å²) in [6.45, 7) is 0.727. The summed E-state index contributed by atoms with van der Waals surface area (Å²) >= 11 is 0. The summed E-state index contributed by atoms with van der Waals surface area (Å²) in [6, 6.07) is 12.0. The van der Waals surface area contributed by atoms with Crippen LogP contribution in [0, 0.1) is 11.6 Å². The minimum atomic E-state index is -0.583. The van der Waals surface area contributed by atoms with Gasteiger partial charge in [-0.2, -0.15) is 0 Å². The molecular formula is C17H17F2NO. The first-order valence-electron chi connectivity index (χ1n) is 7.10. The zero-order valence-corrected chi connectivity index (χ0v) is 11.6. The fraction of sp³-hybridized carbons (Fsp3) is 0.294. The van der Waals surface area contributed by atoms with E-state index in [4.69, 9.17) is 4.74 Å². The smallest absolute Gasteiger partial charge is 0.132 e. The van der Waals surface area contributed by atoms with Crippen molar-refractivity contribution in [1.82, 2.24) is 5.32 Å². The lowest BCUT2D eigenvalue weighted by molar-refractivity contribution is 0.292. The van der Waals surface area contributed by atoms with E-state index in [-0.39, 0.29) is 12.2 Å². The van der Waals surface area contributed by atoms with Gasteiger partial charge < -0.3 is 10.1 Å². The Morgan fingerprint density at radius 2 is 1.67 bits per heavy atom. The lowest BCUT2D eigenvalue weighted by Crippen LogP contribution is -2.15. The summed E-state index contributed by atoms with van der Waals surface area (Å²) in [4.78, 5) is 0. The van der Waals surface area contributed by atoms with Crippen LogP contribution < -0.4 is 10.1 Å². The van der Waals surface area contributed by atoms with E-state index in [0.29, 0.717) is 11.8 Å². The average Bonchev–Trinajstić information content (AvgIpc) is 3.30. The molecule has 0 atom stereocenters. The van der Waals surface area contributed by atoms with E-state index in [2.05, 4.69) is 5.32 Å². The summed E-state index contributed by atoms with van der Waals surface area (Å²) in [7, 11) is 0. The number of benzene rings is 2. The third-order valence-corrected chi connectivity index (χ3v) is 3.54. The first-order valence-corrected chi connectivity index (χ1v) is 7.10. The minimum absolute atomic E-state index is 0.0445. The van der Waals surface area contributed by atoms with Gasteiger partial charge in [0, 0.05) is 12.6 Å². The maximum Gasteiger partial charge on any atom is 0.132 e. The SMILES string of the molecule is Fc1cccc(F)c1COc1ccc(CNC2CC2)cc1. The third-order valence-electron chi connectivity index (χ3n) is 3.54. The van der Waals surface area contributed by atoms with Crippen molar-refractivity contribution in [2.45, 2.75) is 32.0 Å². The van der Waals surface area contributed by atoms with Crippen LogP contribution in [0.2, 0.25) is 0 Å². The second kappa shape index (κ2) is 6.22. The number of nitrogens with one attached hydrogen (secondary N) is 1. The predicted octanol–water partition coefficient (Wildman–Crippen LogP) is 3.80. The monoisotopic (exact) mass is 289 g/mol. The zero-order valence-electron chi connectivity index (χ0n) is 11.6. The normalized spacial score (nSPS) is 14.2. The van der Waals surface area contributed by atoms with Gasteiger partial charge in [-0.25, -0.2) is 8.78 Å². The molecule has 0 radical (unpaired) electrons. The van der Waals surface area contributed by atoms with Crippen molar-refractivity contribution in [3.8, 4) is 5.75 Å². The molecular weight excluding hydrogens is 272 g/mol. The molecule has 1 fully saturated rings. The van der Waals surface area contributed by atoms with Crippen molar-refractivity contribution < 1.29 is 13.5 Å². The molecule has 3 rings (SSSR count). The zero-order chi connectivity index (χ0) is 14.7. The molecule has 2 aromatic carbocycles. The Bertz CT molecular complexity index is 588. The molecule has 1 saturated carbocycles. The third kappa shape index (κ3) is 3.79. The highest BCUT2D eigenvalue weighted by Crippen LogP contribution is 2.20. The van der Waals surface area contributed by atoms with E-state index >= 15 is 0 Å². The largest absolute Gasteiger partial charge is 0.489 e. The molecule has 0 aromatic heterocycles. The van der Waals surface area contributed by atoms with Crippen LogP contribution in [0.5, 0.6) is 5.75 Å². The van der Waals surface area contributed by atoms with Crippen LogP contribution in [0.25, 0.3) is 0 Å². The maximum atomic E-state index is 13.5. The van der Waals surface area contributed by atoms with Gasteiger partial charge in [0.25, 0.3) is 0 Å². The van der Waals surface area contributed by atoms with E-state index in [0.717, 1.165) is 6.54 Å². The van der Waals surface area contributed by atoms with Crippen molar-refractivity contribution in [3.63, 3.8) is 0 Å². The highest BCUT2D eigenvalue weighted by atomic mass is 19.1. The number of hydrogen-bond acceptors (Lipinski definition) is 2. The highest BCUT2D eigenvalue weighted by Gasteiger charge is 2.19. The van der Waals surface area contributed by atoms with Crippen LogP contribution >= 0.6 is 0 Å². The summed E-state index contributed by atoms with van der Waals surface area (Å²) in [5.41, 5.74) is 1.13. The quantitative estimate of drug-likeness (QED) is 0.873. The molecule has 0 amide bonds. The Hall–Kier alpha value is -1.94. The van der Waals surface area contributed by atoms with Gasteiger partial charge in [0.1, 0.15) is 24.0 Å². The lowest BCUT2D eigenvalue weighted by Gasteiger charge is -2.09. The summed E-state index contributed by atoms with van der Waals surface area (Å²) in [6.07, 6.45) is 2.52. The highest BCUT2D eigenvalue weighted by molar-refractivity contribution is 5.28. The molecule has 0 bridgehead atoms. The molecule has 1 aliphatic carbocycles. The maximum absolute atomic E-state index is 13.5. The number of ether oxygens (including phenoxy) is 1. The van der Waals surface area contributed by atoms with Crippen molar-refractivity contribution in [2.75, 3.05) is 0 Å². The van der Waals surface area contributed by atoms with Crippen LogP contribution in [-0.4, -0.2) is 6.04 Å². The van der Waals surface area contributed by atoms with Gasteiger partial charge >= 0.3 is 0 Å². The molecule has 110 valence electrons. The van der Waals surface area contributed by atoms with E-state index in [9.17, 15) is 8.78 Å². The second-order valence-electron chi connectivity index (χ2n) is 5.29.